The number of carbonyl (C=O) groups excluding carboxylic acids is 2. The number of likely N-dealkylation sites (N-methyl/N-ethyl adjacent to an activating group) is 1. The smallest absolute Gasteiger partial charge is 0.316 e. The van der Waals surface area contributed by atoms with Gasteiger partial charge in [-0.15, -0.1) is 4.91 Å². The monoisotopic (exact) mass is 681 g/mol. The summed E-state index contributed by atoms with van der Waals surface area (Å²) >= 11 is 2.07. The fourth-order valence-corrected chi connectivity index (χ4v) is 5.66. The molecule has 2 aliphatic heterocycles. The summed E-state index contributed by atoms with van der Waals surface area (Å²) in [5.41, 5.74) is 3.67. The van der Waals surface area contributed by atoms with Gasteiger partial charge in [-0.25, -0.2) is 4.39 Å². The SMILES string of the molecule is COc1ccc(CN2CN(c3ccc(I)cc3F)C3=C(C2=O)C(Nc2cccc(C(=O)N=O)c2)=C(C)C(C)N3C)cc1. The van der Waals surface area contributed by atoms with Gasteiger partial charge in [-0.05, 0) is 96.1 Å². The van der Waals surface area contributed by atoms with E-state index >= 15 is 4.39 Å². The highest BCUT2D eigenvalue weighted by Gasteiger charge is 2.42. The van der Waals surface area contributed by atoms with Gasteiger partial charge in [0.25, 0.3) is 5.91 Å². The van der Waals surface area contributed by atoms with E-state index in [4.69, 9.17) is 4.74 Å². The van der Waals surface area contributed by atoms with Gasteiger partial charge >= 0.3 is 5.91 Å². The van der Waals surface area contributed by atoms with E-state index in [9.17, 15) is 14.5 Å². The molecule has 0 saturated heterocycles. The number of hydrogen-bond acceptors (Lipinski definition) is 7. The van der Waals surface area contributed by atoms with E-state index in [2.05, 4.69) is 33.1 Å². The zero-order valence-corrected chi connectivity index (χ0v) is 25.7. The molecular weight excluding hydrogens is 652 g/mol. The summed E-state index contributed by atoms with van der Waals surface area (Å²) in [6, 6.07) is 18.7. The average molecular weight is 682 g/mol. The maximum absolute atomic E-state index is 15.5. The number of nitroso groups, excluding NO2 is 1. The number of rotatable bonds is 7. The molecule has 0 spiro atoms. The summed E-state index contributed by atoms with van der Waals surface area (Å²) in [6.07, 6.45) is 0. The molecule has 0 radical (unpaired) electrons. The van der Waals surface area contributed by atoms with Gasteiger partial charge in [0, 0.05) is 33.6 Å². The topological polar surface area (TPSA) is 94.5 Å². The van der Waals surface area contributed by atoms with Crippen LogP contribution in [0.15, 0.2) is 94.6 Å². The largest absolute Gasteiger partial charge is 0.497 e. The third-order valence-corrected chi connectivity index (χ3v) is 8.34. The number of halogens is 2. The number of carbonyl (C=O) groups is 2. The molecule has 0 saturated carbocycles. The Morgan fingerprint density at radius 3 is 2.55 bits per heavy atom. The van der Waals surface area contributed by atoms with Crippen molar-refractivity contribution in [1.82, 2.24) is 9.80 Å². The first kappa shape index (κ1) is 29.2. The Hall–Kier alpha value is -4.26. The fourth-order valence-electron chi connectivity index (χ4n) is 5.21. The van der Waals surface area contributed by atoms with Crippen LogP contribution >= 0.6 is 22.6 Å². The molecule has 3 aromatic rings. The number of benzene rings is 3. The van der Waals surface area contributed by atoms with Crippen LogP contribution in [0.2, 0.25) is 0 Å². The van der Waals surface area contributed by atoms with Crippen LogP contribution in [0, 0.1) is 14.3 Å². The Labute approximate surface area is 256 Å². The third-order valence-electron chi connectivity index (χ3n) is 7.67. The molecule has 0 aliphatic carbocycles. The van der Waals surface area contributed by atoms with Gasteiger partial charge in [-0.2, -0.15) is 0 Å². The normalized spacial score (nSPS) is 17.0. The van der Waals surface area contributed by atoms with Gasteiger partial charge in [-0.3, -0.25) is 9.59 Å². The average Bonchev–Trinajstić information content (AvgIpc) is 2.99. The van der Waals surface area contributed by atoms with Crippen molar-refractivity contribution in [1.29, 1.82) is 0 Å². The van der Waals surface area contributed by atoms with E-state index in [-0.39, 0.29) is 30.7 Å². The van der Waals surface area contributed by atoms with Crippen molar-refractivity contribution < 1.29 is 18.7 Å². The molecule has 42 heavy (non-hydrogen) atoms. The van der Waals surface area contributed by atoms with E-state index in [1.54, 1.807) is 30.2 Å². The molecule has 9 nitrogen and oxygen atoms in total. The summed E-state index contributed by atoms with van der Waals surface area (Å²) < 4.78 is 21.6. The van der Waals surface area contributed by atoms with E-state index in [1.807, 2.05) is 61.0 Å². The highest BCUT2D eigenvalue weighted by Crippen LogP contribution is 2.40. The molecule has 3 aromatic carbocycles. The standard InChI is InChI=1S/C31H29FIN5O4/c1-18-19(2)36(3)30-27(28(18)34-23-7-5-6-21(14-23)29(39)35-41)31(40)37(16-20-8-11-24(42-4)12-9-20)17-38(30)26-13-10-22(33)15-25(26)32/h5-15,19,34H,16-17H2,1-4H3. The summed E-state index contributed by atoms with van der Waals surface area (Å²) in [6.45, 7) is 4.34. The van der Waals surface area contributed by atoms with E-state index in [0.717, 1.165) is 14.7 Å². The molecule has 0 fully saturated rings. The number of nitrogens with one attached hydrogen (secondary N) is 1. The van der Waals surface area contributed by atoms with Crippen LogP contribution in [0.3, 0.4) is 0 Å². The first-order valence-electron chi connectivity index (χ1n) is 13.2. The van der Waals surface area contributed by atoms with Crippen LogP contribution in [-0.4, -0.2) is 48.5 Å². The van der Waals surface area contributed by atoms with E-state index in [1.165, 1.54) is 18.2 Å². The maximum Gasteiger partial charge on any atom is 0.316 e. The van der Waals surface area contributed by atoms with Crippen molar-refractivity contribution in [2.75, 3.05) is 31.0 Å². The predicted molar refractivity (Wildman–Crippen MR) is 167 cm³/mol. The second-order valence-corrected chi connectivity index (χ2v) is 11.4. The molecule has 1 N–H and O–H groups in total. The molecule has 11 heteroatoms. The molecule has 0 bridgehead atoms. The van der Waals surface area contributed by atoms with Crippen LogP contribution in [-0.2, 0) is 11.3 Å². The Balaban J connectivity index is 1.64. The summed E-state index contributed by atoms with van der Waals surface area (Å²) in [4.78, 5) is 42.6. The van der Waals surface area contributed by atoms with Crippen molar-refractivity contribution in [3.05, 3.63) is 115 Å². The fraction of sp³-hybridized carbons (Fsp3) is 0.226. The lowest BCUT2D eigenvalue weighted by atomic mass is 9.93. The number of ether oxygens (including phenoxy) is 1. The Kier molecular flexibility index (Phi) is 8.30. The summed E-state index contributed by atoms with van der Waals surface area (Å²) in [7, 11) is 3.48. The molecule has 0 aromatic heterocycles. The first-order valence-corrected chi connectivity index (χ1v) is 14.3. The molecule has 2 amide bonds. The molecule has 5 rings (SSSR count). The molecule has 216 valence electrons. The number of nitrogens with zero attached hydrogens (tertiary/aromatic N) is 4. The molecule has 2 heterocycles. The van der Waals surface area contributed by atoms with Crippen LogP contribution in [0.25, 0.3) is 0 Å². The second-order valence-electron chi connectivity index (χ2n) is 10.2. The van der Waals surface area contributed by atoms with E-state index < -0.39 is 11.7 Å². The number of hydrogen-bond donors (Lipinski definition) is 1. The van der Waals surface area contributed by atoms with E-state index in [0.29, 0.717) is 34.2 Å². The third kappa shape index (κ3) is 5.48. The van der Waals surface area contributed by atoms with Crippen molar-refractivity contribution in [3.8, 4) is 5.75 Å². The number of anilines is 2. The molecule has 1 unspecified atom stereocenters. The number of methoxy groups -OCH3 is 1. The Morgan fingerprint density at radius 2 is 1.88 bits per heavy atom. The van der Waals surface area contributed by atoms with Crippen molar-refractivity contribution in [3.63, 3.8) is 0 Å². The summed E-state index contributed by atoms with van der Waals surface area (Å²) in [5.74, 6) is -0.253. The highest BCUT2D eigenvalue weighted by molar-refractivity contribution is 14.1. The molecular formula is C31H29FIN5O4. The Bertz CT molecular complexity index is 1640. The van der Waals surface area contributed by atoms with Crippen molar-refractivity contribution in [2.45, 2.75) is 26.4 Å². The molecule has 2 aliphatic rings. The minimum atomic E-state index is -0.888. The summed E-state index contributed by atoms with van der Waals surface area (Å²) in [5, 5.41) is 5.86. The second kappa shape index (κ2) is 11.9. The van der Waals surface area contributed by atoms with Crippen LogP contribution < -0.4 is 15.0 Å². The van der Waals surface area contributed by atoms with Gasteiger partial charge in [0.1, 0.15) is 23.0 Å². The minimum absolute atomic E-state index is 0.125. The van der Waals surface area contributed by atoms with Crippen molar-refractivity contribution >= 4 is 45.8 Å². The lowest BCUT2D eigenvalue weighted by Crippen LogP contribution is -2.54. The van der Waals surface area contributed by atoms with Gasteiger partial charge in [-0.1, -0.05) is 18.2 Å². The minimum Gasteiger partial charge on any atom is -0.497 e. The lowest BCUT2D eigenvalue weighted by Gasteiger charge is -2.48. The zero-order chi connectivity index (χ0) is 30.1. The lowest BCUT2D eigenvalue weighted by molar-refractivity contribution is -0.128. The van der Waals surface area contributed by atoms with Gasteiger partial charge in [0.05, 0.1) is 31.2 Å². The molecule has 1 atom stereocenters. The maximum atomic E-state index is 15.5. The quantitative estimate of drug-likeness (QED) is 0.239. The van der Waals surface area contributed by atoms with Crippen LogP contribution in [0.1, 0.15) is 29.8 Å². The highest BCUT2D eigenvalue weighted by atomic mass is 127. The van der Waals surface area contributed by atoms with Gasteiger partial charge in [0.2, 0.25) is 0 Å². The first-order chi connectivity index (χ1) is 20.1. The van der Waals surface area contributed by atoms with Gasteiger partial charge < -0.3 is 24.8 Å². The predicted octanol–water partition coefficient (Wildman–Crippen LogP) is 6.08. The van der Waals surface area contributed by atoms with Crippen molar-refractivity contribution in [2.24, 2.45) is 5.18 Å². The van der Waals surface area contributed by atoms with Gasteiger partial charge in [0.15, 0.2) is 0 Å². The van der Waals surface area contributed by atoms with Crippen LogP contribution in [0.4, 0.5) is 15.8 Å². The van der Waals surface area contributed by atoms with Crippen LogP contribution in [0.5, 0.6) is 5.75 Å². The zero-order valence-electron chi connectivity index (χ0n) is 23.5. The Morgan fingerprint density at radius 1 is 1.14 bits per heavy atom. The number of amides is 2.